The van der Waals surface area contributed by atoms with Gasteiger partial charge in [0, 0.05) is 25.9 Å². The van der Waals surface area contributed by atoms with Crippen molar-refractivity contribution in [3.05, 3.63) is 71.8 Å². The Balaban J connectivity index is 0.00000129. The number of hydrogen-bond donors (Lipinski definition) is 8. The minimum Gasteiger partial charge on any atom is -0.394 e. The van der Waals surface area contributed by atoms with Gasteiger partial charge in [-0.25, -0.2) is 0 Å². The molecule has 33 heavy (non-hydrogen) atoms. The molecule has 0 fully saturated rings. The number of benzene rings is 2. The second-order valence-electron chi connectivity index (χ2n) is 7.27. The number of aliphatic hydroxyl groups excluding tert-OH is 8. The van der Waals surface area contributed by atoms with E-state index in [-0.39, 0.29) is 39.3 Å². The van der Waals surface area contributed by atoms with Crippen LogP contribution in [0.4, 0.5) is 0 Å². The Morgan fingerprint density at radius 1 is 0.606 bits per heavy atom. The van der Waals surface area contributed by atoms with Gasteiger partial charge in [-0.3, -0.25) is 0 Å². The van der Waals surface area contributed by atoms with E-state index in [4.69, 9.17) is 25.2 Å². The van der Waals surface area contributed by atoms with E-state index in [0.29, 0.717) is 6.42 Å². The summed E-state index contributed by atoms with van der Waals surface area (Å²) in [4.78, 5) is 0. The van der Waals surface area contributed by atoms with Crippen molar-refractivity contribution in [1.29, 1.82) is 0 Å². The minimum atomic E-state index is -1.69. The normalized spacial score (nSPS) is 15.4. The quantitative estimate of drug-likeness (QED) is 0.157. The smallest absolute Gasteiger partial charge is 0.111 e. The van der Waals surface area contributed by atoms with Gasteiger partial charge in [-0.1, -0.05) is 60.7 Å². The predicted molar refractivity (Wildman–Crippen MR) is 116 cm³/mol. The van der Waals surface area contributed by atoms with Crippen LogP contribution in [0.15, 0.2) is 60.7 Å². The number of rotatable bonds is 12. The van der Waals surface area contributed by atoms with Crippen molar-refractivity contribution in [1.82, 2.24) is 0 Å². The van der Waals surface area contributed by atoms with E-state index >= 15 is 0 Å². The molecule has 182 valence electrons. The van der Waals surface area contributed by atoms with Crippen molar-refractivity contribution >= 4 is 0 Å². The second-order valence-corrected chi connectivity index (χ2v) is 7.27. The number of aliphatic hydroxyl groups is 8. The molecule has 9 nitrogen and oxygen atoms in total. The molecule has 0 aromatic heterocycles. The summed E-state index contributed by atoms with van der Waals surface area (Å²) in [6.45, 7) is -1.23. The van der Waals surface area contributed by atoms with Gasteiger partial charge in [-0.15, -0.1) is 0 Å². The van der Waals surface area contributed by atoms with E-state index in [2.05, 4.69) is 0 Å². The molecule has 2 aromatic rings. The zero-order chi connectivity index (χ0) is 23.9. The monoisotopic (exact) mass is 518 g/mol. The third kappa shape index (κ3) is 12.1. The Morgan fingerprint density at radius 2 is 1.09 bits per heavy atom. The van der Waals surface area contributed by atoms with Crippen molar-refractivity contribution < 1.29 is 65.1 Å². The van der Waals surface area contributed by atoms with Crippen LogP contribution >= 0.6 is 0 Å². The van der Waals surface area contributed by atoms with Crippen LogP contribution in [0.5, 0.6) is 0 Å². The Kier molecular flexibility index (Phi) is 17.4. The fourth-order valence-electron chi connectivity index (χ4n) is 2.72. The van der Waals surface area contributed by atoms with Crippen LogP contribution in [-0.2, 0) is 37.2 Å². The maximum absolute atomic E-state index is 10.5. The molecule has 0 aliphatic carbocycles. The molecule has 0 saturated heterocycles. The number of ether oxygens (including phenoxy) is 1. The summed E-state index contributed by atoms with van der Waals surface area (Å²) in [6, 6.07) is 18.7. The Hall–Kier alpha value is -1.30. The first-order chi connectivity index (χ1) is 15.3. The van der Waals surface area contributed by atoms with E-state index in [1.165, 1.54) is 0 Å². The van der Waals surface area contributed by atoms with Gasteiger partial charge in [0.05, 0.1) is 32.5 Å². The average molecular weight is 520 g/mol. The number of hydrogen-bond acceptors (Lipinski definition) is 9. The van der Waals surface area contributed by atoms with E-state index in [1.807, 2.05) is 60.7 Å². The van der Waals surface area contributed by atoms with Crippen LogP contribution in [0.25, 0.3) is 0 Å². The van der Waals surface area contributed by atoms with Gasteiger partial charge in [0.2, 0.25) is 0 Å². The molecule has 0 aliphatic rings. The summed E-state index contributed by atoms with van der Waals surface area (Å²) >= 11 is 0. The SMILES string of the molecule is OCC(O)C(O)C(O)C(O)C(Cc1ccccc1)OCc1ccccc1.OCC(O)CO.[Zn]. The fraction of sp³-hybridized carbons (Fsp3) is 0.478. The summed E-state index contributed by atoms with van der Waals surface area (Å²) in [6.07, 6.45) is -7.80. The van der Waals surface area contributed by atoms with Crippen molar-refractivity contribution in [3.63, 3.8) is 0 Å². The molecule has 5 atom stereocenters. The molecule has 0 saturated carbocycles. The predicted octanol–water partition coefficient (Wildman–Crippen LogP) is -1.42. The zero-order valence-corrected chi connectivity index (χ0v) is 21.4. The molecule has 8 N–H and O–H groups in total. The maximum Gasteiger partial charge on any atom is 0.111 e. The summed E-state index contributed by atoms with van der Waals surface area (Å²) in [5.74, 6) is 0. The van der Waals surface area contributed by atoms with Crippen LogP contribution in [0, 0.1) is 0 Å². The van der Waals surface area contributed by atoms with Crippen LogP contribution in [0.2, 0.25) is 0 Å². The van der Waals surface area contributed by atoms with Gasteiger partial charge < -0.3 is 45.6 Å². The van der Waals surface area contributed by atoms with Crippen LogP contribution < -0.4 is 0 Å². The standard InChI is InChI=1S/C20H26O6.C3H8O3.Zn/c21-12-16(22)18(23)20(25)19(24)17(11-14-7-3-1-4-8-14)26-13-15-9-5-2-6-10-15;4-1-3(6)2-5;/h1-10,16-25H,11-13H2;3-6H,1-2H2;. The third-order valence-electron chi connectivity index (χ3n) is 4.67. The van der Waals surface area contributed by atoms with Gasteiger partial charge in [0.25, 0.3) is 0 Å². The zero-order valence-electron chi connectivity index (χ0n) is 18.5. The van der Waals surface area contributed by atoms with Crippen molar-refractivity contribution in [2.75, 3.05) is 19.8 Å². The summed E-state index contributed by atoms with van der Waals surface area (Å²) in [5.41, 5.74) is 1.80. The van der Waals surface area contributed by atoms with Crippen LogP contribution in [0.1, 0.15) is 11.1 Å². The molecule has 2 aromatic carbocycles. The molecule has 5 unspecified atom stereocenters. The van der Waals surface area contributed by atoms with Crippen molar-refractivity contribution in [2.45, 2.75) is 49.7 Å². The fourth-order valence-corrected chi connectivity index (χ4v) is 2.72. The van der Waals surface area contributed by atoms with E-state index in [9.17, 15) is 20.4 Å². The van der Waals surface area contributed by atoms with Crippen LogP contribution in [0.3, 0.4) is 0 Å². The molecular weight excluding hydrogens is 486 g/mol. The topological polar surface area (TPSA) is 171 Å². The molecule has 0 radical (unpaired) electrons. The van der Waals surface area contributed by atoms with Crippen molar-refractivity contribution in [2.24, 2.45) is 0 Å². The summed E-state index contributed by atoms with van der Waals surface area (Å²) < 4.78 is 5.81. The Morgan fingerprint density at radius 3 is 1.52 bits per heavy atom. The molecule has 0 heterocycles. The summed E-state index contributed by atoms with van der Waals surface area (Å²) in [7, 11) is 0. The minimum absolute atomic E-state index is 0. The second kappa shape index (κ2) is 18.1. The van der Waals surface area contributed by atoms with Gasteiger partial charge >= 0.3 is 0 Å². The molecule has 2 rings (SSSR count). The van der Waals surface area contributed by atoms with Gasteiger partial charge in [0.15, 0.2) is 0 Å². The molecular formula is C23H34O9Zn. The van der Waals surface area contributed by atoms with Gasteiger partial charge in [0.1, 0.15) is 30.5 Å². The van der Waals surface area contributed by atoms with E-state index in [0.717, 1.165) is 11.1 Å². The van der Waals surface area contributed by atoms with Crippen LogP contribution in [-0.4, -0.2) is 97.3 Å². The molecule has 0 bridgehead atoms. The molecule has 10 heteroatoms. The van der Waals surface area contributed by atoms with Crippen molar-refractivity contribution in [3.8, 4) is 0 Å². The first kappa shape index (κ1) is 31.7. The molecule has 0 amide bonds. The van der Waals surface area contributed by atoms with Gasteiger partial charge in [-0.2, -0.15) is 0 Å². The Bertz CT molecular complexity index is 704. The van der Waals surface area contributed by atoms with Gasteiger partial charge in [-0.05, 0) is 11.1 Å². The summed E-state index contributed by atoms with van der Waals surface area (Å²) in [5, 5.41) is 73.0. The Labute approximate surface area is 206 Å². The maximum atomic E-state index is 10.5. The third-order valence-corrected chi connectivity index (χ3v) is 4.67. The average Bonchev–Trinajstić information content (AvgIpc) is 2.85. The molecule has 0 aliphatic heterocycles. The van der Waals surface area contributed by atoms with E-state index in [1.54, 1.807) is 0 Å². The largest absolute Gasteiger partial charge is 0.394 e. The van der Waals surface area contributed by atoms with E-state index < -0.39 is 43.2 Å². The molecule has 0 spiro atoms. The first-order valence-corrected chi connectivity index (χ1v) is 10.3. The first-order valence-electron chi connectivity index (χ1n) is 10.3.